The third kappa shape index (κ3) is 4.41. The van der Waals surface area contributed by atoms with Crippen LogP contribution in [0.4, 0.5) is 0 Å². The van der Waals surface area contributed by atoms with Crippen molar-refractivity contribution in [3.05, 3.63) is 11.1 Å². The Morgan fingerprint density at radius 3 is 2.88 bits per heavy atom. The van der Waals surface area contributed by atoms with Gasteiger partial charge >= 0.3 is 0 Å². The van der Waals surface area contributed by atoms with Crippen molar-refractivity contribution >= 4 is 23.1 Å². The van der Waals surface area contributed by atoms with Crippen molar-refractivity contribution in [3.8, 4) is 0 Å². The van der Waals surface area contributed by atoms with Gasteiger partial charge in [0.05, 0.1) is 6.61 Å². The van der Waals surface area contributed by atoms with Gasteiger partial charge in [-0.15, -0.1) is 11.3 Å². The van der Waals surface area contributed by atoms with Gasteiger partial charge in [0.1, 0.15) is 4.34 Å². The summed E-state index contributed by atoms with van der Waals surface area (Å²) in [7, 11) is 0. The molecule has 1 rings (SSSR count). The molecule has 0 aliphatic carbocycles. The van der Waals surface area contributed by atoms with Crippen molar-refractivity contribution in [2.24, 2.45) is 0 Å². The van der Waals surface area contributed by atoms with Crippen LogP contribution in [0.15, 0.2) is 9.72 Å². The van der Waals surface area contributed by atoms with Crippen LogP contribution in [0.5, 0.6) is 0 Å². The maximum Gasteiger partial charge on any atom is 0.150 e. The van der Waals surface area contributed by atoms with E-state index in [1.165, 1.54) is 0 Å². The van der Waals surface area contributed by atoms with Crippen LogP contribution in [0.3, 0.4) is 0 Å². The van der Waals surface area contributed by atoms with Gasteiger partial charge in [-0.1, -0.05) is 18.7 Å². The van der Waals surface area contributed by atoms with E-state index < -0.39 is 0 Å². The molecule has 0 amide bonds. The molecule has 0 aliphatic rings. The molecule has 1 aromatic heterocycles. The second-order valence-electron chi connectivity index (χ2n) is 4.19. The fourth-order valence-corrected chi connectivity index (χ4v) is 3.16. The van der Waals surface area contributed by atoms with Gasteiger partial charge in [0.25, 0.3) is 0 Å². The van der Waals surface area contributed by atoms with E-state index in [-0.39, 0.29) is 12.1 Å². The summed E-state index contributed by atoms with van der Waals surface area (Å²) in [5, 5.41) is 14.8. The van der Waals surface area contributed by atoms with Crippen LogP contribution < -0.4 is 5.32 Å². The van der Waals surface area contributed by atoms with Crippen LogP contribution >= 0.6 is 23.1 Å². The zero-order valence-corrected chi connectivity index (χ0v) is 11.7. The van der Waals surface area contributed by atoms with Crippen LogP contribution in [0.1, 0.15) is 26.0 Å². The summed E-state index contributed by atoms with van der Waals surface area (Å²) in [5.41, 5.74) is 0.861. The van der Waals surface area contributed by atoms with E-state index in [0.717, 1.165) is 28.8 Å². The predicted molar refractivity (Wildman–Crippen MR) is 71.4 cm³/mol. The molecule has 0 aliphatic heterocycles. The molecule has 2 N–H and O–H groups in total. The molecule has 0 saturated heterocycles. The van der Waals surface area contributed by atoms with Gasteiger partial charge in [-0.05, 0) is 26.8 Å². The molecule has 0 bridgehead atoms. The minimum absolute atomic E-state index is 0.157. The van der Waals surface area contributed by atoms with E-state index in [9.17, 15) is 5.11 Å². The third-order valence-corrected chi connectivity index (χ3v) is 4.78. The predicted octanol–water partition coefficient (Wildman–Crippen LogP) is 2.29. The van der Waals surface area contributed by atoms with Crippen molar-refractivity contribution in [1.29, 1.82) is 0 Å². The lowest BCUT2D eigenvalue weighted by molar-refractivity contribution is 0.192. The second-order valence-corrected chi connectivity index (χ2v) is 6.27. The first-order valence-corrected chi connectivity index (χ1v) is 7.37. The van der Waals surface area contributed by atoms with Gasteiger partial charge in [-0.2, -0.15) is 0 Å². The minimum Gasteiger partial charge on any atom is -0.394 e. The summed E-state index contributed by atoms with van der Waals surface area (Å²) < 4.78 is 1.08. The lowest BCUT2D eigenvalue weighted by Gasteiger charge is -2.27. The Balaban J connectivity index is 2.44. The van der Waals surface area contributed by atoms with E-state index in [1.54, 1.807) is 23.1 Å². The van der Waals surface area contributed by atoms with Crippen molar-refractivity contribution in [1.82, 2.24) is 10.3 Å². The largest absolute Gasteiger partial charge is 0.394 e. The molecule has 92 valence electrons. The normalized spacial score (nSPS) is 15.0. The molecule has 0 radical (unpaired) electrons. The molecule has 1 unspecified atom stereocenters. The third-order valence-electron chi connectivity index (χ3n) is 2.26. The number of nitrogens with one attached hydrogen (secondary N) is 1. The van der Waals surface area contributed by atoms with E-state index in [4.69, 9.17) is 0 Å². The molecular formula is C11H20N2OS2. The number of aromatic nitrogens is 1. The molecular weight excluding hydrogens is 240 g/mol. The van der Waals surface area contributed by atoms with Crippen LogP contribution in [0, 0.1) is 6.92 Å². The molecule has 1 atom stereocenters. The molecule has 1 heterocycles. The maximum absolute atomic E-state index is 9.40. The molecule has 16 heavy (non-hydrogen) atoms. The topological polar surface area (TPSA) is 45.1 Å². The van der Waals surface area contributed by atoms with Crippen molar-refractivity contribution in [2.75, 3.05) is 18.9 Å². The summed E-state index contributed by atoms with van der Waals surface area (Å²) in [6, 6.07) is 0. The maximum atomic E-state index is 9.40. The smallest absolute Gasteiger partial charge is 0.150 e. The Hall–Kier alpha value is -0.100. The van der Waals surface area contributed by atoms with E-state index >= 15 is 0 Å². The minimum atomic E-state index is -0.208. The zero-order chi connectivity index (χ0) is 12.0. The average Bonchev–Trinajstić information content (AvgIpc) is 2.70. The molecule has 0 spiro atoms. The van der Waals surface area contributed by atoms with Crippen LogP contribution in [-0.2, 0) is 0 Å². The summed E-state index contributed by atoms with van der Waals surface area (Å²) in [6.45, 7) is 7.28. The number of hydrogen-bond donors (Lipinski definition) is 2. The second kappa shape index (κ2) is 6.59. The SMILES string of the molecule is CCCNC(C)(CO)CSc1nc(C)cs1. The van der Waals surface area contributed by atoms with Crippen LogP contribution in [-0.4, -0.2) is 34.5 Å². The van der Waals surface area contributed by atoms with Gasteiger partial charge in [-0.3, -0.25) is 0 Å². The Morgan fingerprint density at radius 1 is 1.62 bits per heavy atom. The molecule has 1 aromatic rings. The van der Waals surface area contributed by atoms with Gasteiger partial charge in [0, 0.05) is 22.4 Å². The molecule has 3 nitrogen and oxygen atoms in total. The molecule has 0 fully saturated rings. The molecule has 0 aromatic carbocycles. The van der Waals surface area contributed by atoms with Gasteiger partial charge in [-0.25, -0.2) is 4.98 Å². The highest BCUT2D eigenvalue weighted by atomic mass is 32.2. The standard InChI is InChI=1S/C11H20N2OS2/c1-4-5-12-11(3,7-14)8-16-10-13-9(2)6-15-10/h6,12,14H,4-5,7-8H2,1-3H3. The average molecular weight is 260 g/mol. The first-order chi connectivity index (χ1) is 7.59. The lowest BCUT2D eigenvalue weighted by atomic mass is 10.1. The number of aryl methyl sites for hydroxylation is 1. The Morgan fingerprint density at radius 2 is 2.38 bits per heavy atom. The highest BCUT2D eigenvalue weighted by molar-refractivity contribution is 8.01. The summed E-state index contributed by atoms with van der Waals surface area (Å²) in [4.78, 5) is 4.40. The quantitative estimate of drug-likeness (QED) is 0.738. The number of rotatable bonds is 7. The molecule has 0 saturated carbocycles. The highest BCUT2D eigenvalue weighted by Crippen LogP contribution is 2.25. The Kier molecular flexibility index (Phi) is 5.75. The number of aliphatic hydroxyl groups is 1. The monoisotopic (exact) mass is 260 g/mol. The van der Waals surface area contributed by atoms with Gasteiger partial charge in [0.15, 0.2) is 0 Å². The van der Waals surface area contributed by atoms with E-state index in [1.807, 2.05) is 6.92 Å². The number of hydrogen-bond acceptors (Lipinski definition) is 5. The zero-order valence-electron chi connectivity index (χ0n) is 10.1. The number of nitrogens with zero attached hydrogens (tertiary/aromatic N) is 1. The number of thioether (sulfide) groups is 1. The van der Waals surface area contributed by atoms with Crippen LogP contribution in [0.2, 0.25) is 0 Å². The highest BCUT2D eigenvalue weighted by Gasteiger charge is 2.22. The summed E-state index contributed by atoms with van der Waals surface area (Å²) in [6.07, 6.45) is 1.08. The summed E-state index contributed by atoms with van der Waals surface area (Å²) >= 11 is 3.38. The fraction of sp³-hybridized carbons (Fsp3) is 0.727. The fourth-order valence-electron chi connectivity index (χ4n) is 1.20. The summed E-state index contributed by atoms with van der Waals surface area (Å²) in [5.74, 6) is 0.844. The van der Waals surface area contributed by atoms with Crippen molar-refractivity contribution < 1.29 is 5.11 Å². The first-order valence-electron chi connectivity index (χ1n) is 5.50. The number of aliphatic hydroxyl groups excluding tert-OH is 1. The first kappa shape index (κ1) is 14.0. The van der Waals surface area contributed by atoms with Crippen molar-refractivity contribution in [3.63, 3.8) is 0 Å². The molecule has 5 heteroatoms. The van der Waals surface area contributed by atoms with Crippen LogP contribution in [0.25, 0.3) is 0 Å². The number of thiazole rings is 1. The van der Waals surface area contributed by atoms with Gasteiger partial charge in [0.2, 0.25) is 0 Å². The Labute approximate surface area is 106 Å². The lowest BCUT2D eigenvalue weighted by Crippen LogP contribution is -2.48. The Bertz CT molecular complexity index is 317. The van der Waals surface area contributed by atoms with Gasteiger partial charge < -0.3 is 10.4 Å². The van der Waals surface area contributed by atoms with E-state index in [2.05, 4.69) is 29.5 Å². The van der Waals surface area contributed by atoms with E-state index in [0.29, 0.717) is 0 Å². The van der Waals surface area contributed by atoms with Crippen molar-refractivity contribution in [2.45, 2.75) is 37.1 Å².